The molecule has 2 fully saturated rings. The fourth-order valence-electron chi connectivity index (χ4n) is 4.68. The van der Waals surface area contributed by atoms with Gasteiger partial charge in [-0.1, -0.05) is 12.8 Å². The van der Waals surface area contributed by atoms with Gasteiger partial charge in [-0.3, -0.25) is 9.59 Å². The summed E-state index contributed by atoms with van der Waals surface area (Å²) in [5, 5.41) is 2.79. The number of carbonyl (C=O) groups is 2. The lowest BCUT2D eigenvalue weighted by molar-refractivity contribution is -0.133. The largest absolute Gasteiger partial charge is 0.490 e. The van der Waals surface area contributed by atoms with Crippen LogP contribution < -0.4 is 14.8 Å². The first-order chi connectivity index (χ1) is 13.5. The molecule has 6 heteroatoms. The third-order valence-electron chi connectivity index (χ3n) is 5.84. The van der Waals surface area contributed by atoms with Crippen molar-refractivity contribution >= 4 is 11.8 Å². The van der Waals surface area contributed by atoms with Gasteiger partial charge in [0, 0.05) is 17.6 Å². The van der Waals surface area contributed by atoms with Gasteiger partial charge < -0.3 is 19.7 Å². The van der Waals surface area contributed by atoms with Crippen LogP contribution in [-0.4, -0.2) is 48.6 Å². The van der Waals surface area contributed by atoms with Gasteiger partial charge >= 0.3 is 0 Å². The Morgan fingerprint density at radius 2 is 1.82 bits per heavy atom. The molecule has 0 spiro atoms. The van der Waals surface area contributed by atoms with Crippen LogP contribution >= 0.6 is 0 Å². The van der Waals surface area contributed by atoms with E-state index in [1.165, 1.54) is 19.3 Å². The van der Waals surface area contributed by atoms with Gasteiger partial charge in [-0.2, -0.15) is 0 Å². The monoisotopic (exact) mass is 388 g/mol. The van der Waals surface area contributed by atoms with Crippen LogP contribution in [-0.2, 0) is 4.79 Å². The Morgan fingerprint density at radius 1 is 1.11 bits per heavy atom. The van der Waals surface area contributed by atoms with E-state index in [1.807, 2.05) is 18.7 Å². The van der Waals surface area contributed by atoms with E-state index in [9.17, 15) is 9.59 Å². The fraction of sp³-hybridized carbons (Fsp3) is 0.636. The van der Waals surface area contributed by atoms with Crippen LogP contribution in [0.1, 0.15) is 63.2 Å². The molecule has 1 aliphatic heterocycles. The maximum Gasteiger partial charge on any atom is 0.251 e. The van der Waals surface area contributed by atoms with Crippen molar-refractivity contribution in [3.8, 4) is 11.5 Å². The van der Waals surface area contributed by atoms with Gasteiger partial charge in [-0.05, 0) is 64.2 Å². The van der Waals surface area contributed by atoms with Gasteiger partial charge in [0.15, 0.2) is 11.5 Å². The molecule has 1 aromatic carbocycles. The molecule has 0 bridgehead atoms. The summed E-state index contributed by atoms with van der Waals surface area (Å²) in [5.41, 5.74) is 0.463. The van der Waals surface area contributed by atoms with Crippen molar-refractivity contribution in [3.05, 3.63) is 23.8 Å². The summed E-state index contributed by atoms with van der Waals surface area (Å²) in [6, 6.07) is 5.71. The molecule has 1 saturated heterocycles. The van der Waals surface area contributed by atoms with Gasteiger partial charge in [0.1, 0.15) is 0 Å². The molecule has 1 N–H and O–H groups in total. The SMILES string of the molecule is CCOc1ccc(C(=O)NCC(=O)N2C(C)CC3CCCCC32)cc1OCC. The highest BCUT2D eigenvalue weighted by molar-refractivity contribution is 5.97. The van der Waals surface area contributed by atoms with Crippen molar-refractivity contribution in [2.75, 3.05) is 19.8 Å². The normalized spacial score (nSPS) is 23.8. The second kappa shape index (κ2) is 9.30. The Hall–Kier alpha value is -2.24. The molecule has 154 valence electrons. The molecule has 2 aliphatic rings. The number of benzene rings is 1. The molecule has 0 aromatic heterocycles. The molecule has 28 heavy (non-hydrogen) atoms. The minimum atomic E-state index is -0.274. The Morgan fingerprint density at radius 3 is 2.57 bits per heavy atom. The highest BCUT2D eigenvalue weighted by atomic mass is 16.5. The van der Waals surface area contributed by atoms with Gasteiger partial charge in [0.2, 0.25) is 5.91 Å². The number of nitrogens with one attached hydrogen (secondary N) is 1. The Bertz CT molecular complexity index is 706. The van der Waals surface area contributed by atoms with E-state index in [-0.39, 0.29) is 24.4 Å². The zero-order chi connectivity index (χ0) is 20.1. The number of ether oxygens (including phenoxy) is 2. The van der Waals surface area contributed by atoms with Crippen molar-refractivity contribution in [2.45, 2.75) is 65.0 Å². The maximum atomic E-state index is 12.8. The molecule has 1 heterocycles. The molecular weight excluding hydrogens is 356 g/mol. The van der Waals surface area contributed by atoms with Crippen LogP contribution in [0.4, 0.5) is 0 Å². The van der Waals surface area contributed by atoms with Crippen LogP contribution in [0.3, 0.4) is 0 Å². The number of carbonyl (C=O) groups excluding carboxylic acids is 2. The van der Waals surface area contributed by atoms with E-state index in [0.717, 1.165) is 12.8 Å². The highest BCUT2D eigenvalue weighted by Crippen LogP contribution is 2.39. The number of fused-ring (bicyclic) bond motifs is 1. The predicted octanol–water partition coefficient (Wildman–Crippen LogP) is 3.39. The van der Waals surface area contributed by atoms with Gasteiger partial charge in [0.25, 0.3) is 5.91 Å². The quantitative estimate of drug-likeness (QED) is 0.777. The molecule has 2 amide bonds. The molecular formula is C22H32N2O4. The third kappa shape index (κ3) is 4.42. The van der Waals surface area contributed by atoms with Crippen LogP contribution in [0.25, 0.3) is 0 Å². The van der Waals surface area contributed by atoms with Crippen molar-refractivity contribution in [1.29, 1.82) is 0 Å². The van der Waals surface area contributed by atoms with Crippen LogP contribution in [0.15, 0.2) is 18.2 Å². The third-order valence-corrected chi connectivity index (χ3v) is 5.84. The Balaban J connectivity index is 1.62. The minimum Gasteiger partial charge on any atom is -0.490 e. The van der Waals surface area contributed by atoms with Crippen LogP contribution in [0.5, 0.6) is 11.5 Å². The molecule has 1 saturated carbocycles. The van der Waals surface area contributed by atoms with Crippen molar-refractivity contribution in [3.63, 3.8) is 0 Å². The van der Waals surface area contributed by atoms with Crippen molar-refractivity contribution in [2.24, 2.45) is 5.92 Å². The van der Waals surface area contributed by atoms with Gasteiger partial charge in [0.05, 0.1) is 19.8 Å². The predicted molar refractivity (Wildman–Crippen MR) is 108 cm³/mol. The highest BCUT2D eigenvalue weighted by Gasteiger charge is 2.42. The summed E-state index contributed by atoms with van der Waals surface area (Å²) in [7, 11) is 0. The lowest BCUT2D eigenvalue weighted by Crippen LogP contribution is -2.47. The summed E-state index contributed by atoms with van der Waals surface area (Å²) < 4.78 is 11.1. The number of rotatable bonds is 7. The maximum absolute atomic E-state index is 12.8. The summed E-state index contributed by atoms with van der Waals surface area (Å²) >= 11 is 0. The van der Waals surface area contributed by atoms with Gasteiger partial charge in [-0.15, -0.1) is 0 Å². The van der Waals surface area contributed by atoms with E-state index in [2.05, 4.69) is 12.2 Å². The van der Waals surface area contributed by atoms with E-state index in [1.54, 1.807) is 18.2 Å². The molecule has 3 rings (SSSR count). The number of hydrogen-bond acceptors (Lipinski definition) is 4. The zero-order valence-electron chi connectivity index (χ0n) is 17.2. The van der Waals surface area contributed by atoms with E-state index in [4.69, 9.17) is 9.47 Å². The van der Waals surface area contributed by atoms with Crippen molar-refractivity contribution < 1.29 is 19.1 Å². The first-order valence-electron chi connectivity index (χ1n) is 10.5. The van der Waals surface area contributed by atoms with E-state index in [0.29, 0.717) is 42.2 Å². The Kier molecular flexibility index (Phi) is 6.81. The van der Waals surface area contributed by atoms with E-state index < -0.39 is 0 Å². The molecule has 3 atom stereocenters. The average molecular weight is 389 g/mol. The number of hydrogen-bond donors (Lipinski definition) is 1. The van der Waals surface area contributed by atoms with Gasteiger partial charge in [-0.25, -0.2) is 0 Å². The Labute approximate surface area is 167 Å². The van der Waals surface area contributed by atoms with Crippen LogP contribution in [0, 0.1) is 5.92 Å². The molecule has 0 radical (unpaired) electrons. The van der Waals surface area contributed by atoms with E-state index >= 15 is 0 Å². The first kappa shape index (κ1) is 20.5. The first-order valence-corrected chi connectivity index (χ1v) is 10.5. The molecule has 3 unspecified atom stereocenters. The second-order valence-corrected chi connectivity index (χ2v) is 7.71. The molecule has 1 aromatic rings. The summed E-state index contributed by atoms with van der Waals surface area (Å²) in [5.74, 6) is 1.53. The lowest BCUT2D eigenvalue weighted by Gasteiger charge is -2.33. The average Bonchev–Trinajstić information content (AvgIpc) is 3.03. The smallest absolute Gasteiger partial charge is 0.251 e. The standard InChI is InChI=1S/C22H32N2O4/c1-4-27-19-11-10-17(13-20(19)28-5-2)22(26)23-14-21(25)24-15(3)12-16-8-6-7-9-18(16)24/h10-11,13,15-16,18H,4-9,12,14H2,1-3H3,(H,23,26). The molecule has 1 aliphatic carbocycles. The van der Waals surface area contributed by atoms with Crippen LogP contribution in [0.2, 0.25) is 0 Å². The minimum absolute atomic E-state index is 0.0196. The number of nitrogens with zero attached hydrogens (tertiary/aromatic N) is 1. The molecule has 6 nitrogen and oxygen atoms in total. The topological polar surface area (TPSA) is 67.9 Å². The van der Waals surface area contributed by atoms with Crippen molar-refractivity contribution in [1.82, 2.24) is 10.2 Å². The zero-order valence-corrected chi connectivity index (χ0v) is 17.2. The number of amides is 2. The summed E-state index contributed by atoms with van der Waals surface area (Å²) in [6.07, 6.45) is 5.85. The summed E-state index contributed by atoms with van der Waals surface area (Å²) in [4.78, 5) is 27.4. The lowest BCUT2D eigenvalue weighted by atomic mass is 9.85. The second-order valence-electron chi connectivity index (χ2n) is 7.71. The summed E-state index contributed by atoms with van der Waals surface area (Å²) in [6.45, 7) is 6.95. The fourth-order valence-corrected chi connectivity index (χ4v) is 4.68. The number of likely N-dealkylation sites (tertiary alicyclic amines) is 1.